The van der Waals surface area contributed by atoms with E-state index in [1.807, 2.05) is 31.2 Å². The van der Waals surface area contributed by atoms with E-state index in [2.05, 4.69) is 30.5 Å². The van der Waals surface area contributed by atoms with Gasteiger partial charge in [0.15, 0.2) is 5.65 Å². The van der Waals surface area contributed by atoms with Gasteiger partial charge in [-0.1, -0.05) is 17.7 Å². The number of aromatic nitrogens is 7. The Hall–Kier alpha value is -4.40. The number of nitrogens with zero attached hydrogens (tertiary/aromatic N) is 7. The molecule has 5 aromatic rings. The predicted octanol–water partition coefficient (Wildman–Crippen LogP) is 2.93. The van der Waals surface area contributed by atoms with Crippen molar-refractivity contribution >= 4 is 17.4 Å². The molecule has 5 rings (SSSR count). The van der Waals surface area contributed by atoms with E-state index >= 15 is 0 Å². The van der Waals surface area contributed by atoms with Gasteiger partial charge in [-0.2, -0.15) is 10.2 Å². The second-order valence-corrected chi connectivity index (χ2v) is 6.69. The molecule has 146 valence electrons. The summed E-state index contributed by atoms with van der Waals surface area (Å²) in [5.74, 6) is 0.186. The molecule has 0 aliphatic heterocycles. The minimum Gasteiger partial charge on any atom is -0.306 e. The maximum Gasteiger partial charge on any atom is 0.262 e. The summed E-state index contributed by atoms with van der Waals surface area (Å²) in [4.78, 5) is 25.4. The standard InChI is InChI=1S/C21H16N8O/c1-14-3-5-16(6-4-14)29-19(9-18(27-29)15-10-22-13-23-11-15)26-21(30)17-12-25-28-8-2-7-24-20(17)28/h2-13H,1H3,(H,26,30). The Balaban J connectivity index is 1.56. The molecular formula is C21H16N8O. The fourth-order valence-electron chi connectivity index (χ4n) is 3.10. The molecule has 9 heteroatoms. The van der Waals surface area contributed by atoms with Crippen molar-refractivity contribution in [2.24, 2.45) is 0 Å². The zero-order valence-electron chi connectivity index (χ0n) is 16.0. The molecule has 9 nitrogen and oxygen atoms in total. The van der Waals surface area contributed by atoms with E-state index < -0.39 is 0 Å². The summed E-state index contributed by atoms with van der Waals surface area (Å²) in [7, 11) is 0. The van der Waals surface area contributed by atoms with Crippen molar-refractivity contribution < 1.29 is 4.79 Å². The van der Waals surface area contributed by atoms with Gasteiger partial charge in [-0.25, -0.2) is 24.1 Å². The van der Waals surface area contributed by atoms with Crippen LogP contribution in [0.25, 0.3) is 22.6 Å². The smallest absolute Gasteiger partial charge is 0.262 e. The summed E-state index contributed by atoms with van der Waals surface area (Å²) in [6.45, 7) is 2.01. The number of fused-ring (bicyclic) bond motifs is 1. The number of rotatable bonds is 4. The SMILES string of the molecule is Cc1ccc(-n2nc(-c3cncnc3)cc2NC(=O)c2cnn3cccnc23)cc1. The number of carbonyl (C=O) groups excluding carboxylic acids is 1. The lowest BCUT2D eigenvalue weighted by molar-refractivity contribution is 0.102. The third-order valence-electron chi connectivity index (χ3n) is 4.61. The van der Waals surface area contributed by atoms with Crippen molar-refractivity contribution in [2.75, 3.05) is 5.32 Å². The summed E-state index contributed by atoms with van der Waals surface area (Å²) in [5, 5.41) is 11.8. The lowest BCUT2D eigenvalue weighted by Gasteiger charge is -2.08. The van der Waals surface area contributed by atoms with Crippen molar-refractivity contribution in [3.63, 3.8) is 0 Å². The maximum atomic E-state index is 13.0. The number of nitrogens with one attached hydrogen (secondary N) is 1. The van der Waals surface area contributed by atoms with Crippen molar-refractivity contribution in [3.8, 4) is 16.9 Å². The average molecular weight is 396 g/mol. The number of hydrogen-bond donors (Lipinski definition) is 1. The minimum absolute atomic E-state index is 0.326. The van der Waals surface area contributed by atoms with Crippen molar-refractivity contribution in [1.82, 2.24) is 34.3 Å². The van der Waals surface area contributed by atoms with Gasteiger partial charge in [-0.15, -0.1) is 0 Å². The minimum atomic E-state index is -0.326. The molecule has 0 spiro atoms. The number of anilines is 1. The van der Waals surface area contributed by atoms with Crippen LogP contribution in [0, 0.1) is 6.92 Å². The zero-order valence-corrected chi connectivity index (χ0v) is 16.0. The first-order valence-corrected chi connectivity index (χ1v) is 9.21. The van der Waals surface area contributed by atoms with Gasteiger partial charge in [-0.05, 0) is 25.1 Å². The van der Waals surface area contributed by atoms with Crippen molar-refractivity contribution in [3.05, 3.63) is 84.8 Å². The normalized spacial score (nSPS) is 11.0. The number of amides is 1. The number of aryl methyl sites for hydroxylation is 1. The fourth-order valence-corrected chi connectivity index (χ4v) is 3.10. The first-order chi connectivity index (χ1) is 14.7. The van der Waals surface area contributed by atoms with Crippen LogP contribution in [0.1, 0.15) is 15.9 Å². The Morgan fingerprint density at radius 3 is 2.67 bits per heavy atom. The molecule has 0 unspecified atom stereocenters. The molecule has 0 radical (unpaired) electrons. The Morgan fingerprint density at radius 2 is 1.87 bits per heavy atom. The van der Waals surface area contributed by atoms with E-state index in [0.29, 0.717) is 22.7 Å². The molecule has 1 aromatic carbocycles. The van der Waals surface area contributed by atoms with Gasteiger partial charge < -0.3 is 5.32 Å². The van der Waals surface area contributed by atoms with Crippen LogP contribution in [0.5, 0.6) is 0 Å². The van der Waals surface area contributed by atoms with Gasteiger partial charge >= 0.3 is 0 Å². The zero-order chi connectivity index (χ0) is 20.5. The second-order valence-electron chi connectivity index (χ2n) is 6.69. The second kappa shape index (κ2) is 7.21. The van der Waals surface area contributed by atoms with Crippen LogP contribution >= 0.6 is 0 Å². The Bertz CT molecular complexity index is 1340. The molecule has 0 aliphatic rings. The average Bonchev–Trinajstić information content (AvgIpc) is 3.39. The van der Waals surface area contributed by atoms with Gasteiger partial charge in [0.25, 0.3) is 5.91 Å². The summed E-state index contributed by atoms with van der Waals surface area (Å²) in [5.41, 5.74) is 4.19. The molecular weight excluding hydrogens is 380 g/mol. The van der Waals surface area contributed by atoms with Crippen LogP contribution in [0.2, 0.25) is 0 Å². The highest BCUT2D eigenvalue weighted by molar-refractivity contribution is 6.08. The van der Waals surface area contributed by atoms with E-state index in [4.69, 9.17) is 0 Å². The molecule has 30 heavy (non-hydrogen) atoms. The van der Waals surface area contributed by atoms with E-state index in [-0.39, 0.29) is 5.91 Å². The molecule has 4 heterocycles. The lowest BCUT2D eigenvalue weighted by atomic mass is 10.2. The number of hydrogen-bond acceptors (Lipinski definition) is 6. The van der Waals surface area contributed by atoms with Crippen LogP contribution < -0.4 is 5.32 Å². The van der Waals surface area contributed by atoms with E-state index in [9.17, 15) is 4.79 Å². The van der Waals surface area contributed by atoms with Gasteiger partial charge in [0.2, 0.25) is 0 Å². The first kappa shape index (κ1) is 17.7. The quantitative estimate of drug-likeness (QED) is 0.501. The van der Waals surface area contributed by atoms with E-state index in [0.717, 1.165) is 16.8 Å². The summed E-state index contributed by atoms with van der Waals surface area (Å²) in [6, 6.07) is 11.4. The van der Waals surface area contributed by atoms with Crippen molar-refractivity contribution in [1.29, 1.82) is 0 Å². The lowest BCUT2D eigenvalue weighted by Crippen LogP contribution is -2.15. The van der Waals surface area contributed by atoms with Gasteiger partial charge in [0, 0.05) is 36.4 Å². The summed E-state index contributed by atoms with van der Waals surface area (Å²) >= 11 is 0. The molecule has 0 bridgehead atoms. The molecule has 0 atom stereocenters. The predicted molar refractivity (Wildman–Crippen MR) is 110 cm³/mol. The molecule has 0 saturated heterocycles. The fraction of sp³-hybridized carbons (Fsp3) is 0.0476. The monoisotopic (exact) mass is 396 g/mol. The summed E-state index contributed by atoms with van der Waals surface area (Å²) < 4.78 is 3.23. The first-order valence-electron chi connectivity index (χ1n) is 9.21. The maximum absolute atomic E-state index is 13.0. The van der Waals surface area contributed by atoms with Crippen LogP contribution in [0.4, 0.5) is 5.82 Å². The topological polar surface area (TPSA) is 103 Å². The Kier molecular flexibility index (Phi) is 4.25. The third-order valence-corrected chi connectivity index (χ3v) is 4.61. The van der Waals surface area contributed by atoms with E-state index in [1.54, 1.807) is 46.1 Å². The van der Waals surface area contributed by atoms with Gasteiger partial charge in [0.05, 0.1) is 17.6 Å². The van der Waals surface area contributed by atoms with Crippen LogP contribution in [-0.2, 0) is 0 Å². The van der Waals surface area contributed by atoms with E-state index in [1.165, 1.54) is 12.5 Å². The molecule has 0 aliphatic carbocycles. The van der Waals surface area contributed by atoms with Crippen molar-refractivity contribution in [2.45, 2.75) is 6.92 Å². The largest absolute Gasteiger partial charge is 0.306 e. The van der Waals surface area contributed by atoms with Crippen LogP contribution in [0.3, 0.4) is 0 Å². The number of carbonyl (C=O) groups is 1. The molecule has 4 aromatic heterocycles. The molecule has 1 amide bonds. The highest BCUT2D eigenvalue weighted by Gasteiger charge is 2.18. The van der Waals surface area contributed by atoms with Gasteiger partial charge in [0.1, 0.15) is 17.7 Å². The summed E-state index contributed by atoms with van der Waals surface area (Å²) in [6.07, 6.45) is 9.67. The Labute approximate surface area is 171 Å². The molecule has 1 N–H and O–H groups in total. The van der Waals surface area contributed by atoms with Crippen LogP contribution in [-0.4, -0.2) is 40.3 Å². The third kappa shape index (κ3) is 3.18. The highest BCUT2D eigenvalue weighted by Crippen LogP contribution is 2.25. The van der Waals surface area contributed by atoms with Gasteiger partial charge in [-0.3, -0.25) is 4.79 Å². The highest BCUT2D eigenvalue weighted by atomic mass is 16.1. The Morgan fingerprint density at radius 1 is 1.07 bits per heavy atom. The molecule has 0 saturated carbocycles. The number of benzene rings is 1. The molecule has 0 fully saturated rings. The van der Waals surface area contributed by atoms with Crippen LogP contribution in [0.15, 0.2) is 73.7 Å².